The first-order chi connectivity index (χ1) is 14.1. The fraction of sp³-hybridized carbons (Fsp3) is 0.348. The molecule has 1 heterocycles. The summed E-state index contributed by atoms with van der Waals surface area (Å²) in [5.74, 6) is -0.236. The second kappa shape index (κ2) is 8.19. The van der Waals surface area contributed by atoms with E-state index in [1.54, 1.807) is 30.1 Å². The van der Waals surface area contributed by atoms with Crippen molar-refractivity contribution in [3.63, 3.8) is 0 Å². The lowest BCUT2D eigenvalue weighted by atomic mass is 9.93. The van der Waals surface area contributed by atoms with Crippen LogP contribution in [0.4, 0.5) is 4.39 Å². The molecule has 1 amide bonds. The van der Waals surface area contributed by atoms with Crippen LogP contribution in [0.1, 0.15) is 46.0 Å². The molecular formula is C23H25ClFN3O2. The van der Waals surface area contributed by atoms with E-state index in [9.17, 15) is 14.0 Å². The second-order valence-electron chi connectivity index (χ2n) is 8.32. The minimum Gasteiger partial charge on any atom is -0.335 e. The molecule has 0 spiro atoms. The third kappa shape index (κ3) is 3.97. The Kier molecular flexibility index (Phi) is 5.99. The van der Waals surface area contributed by atoms with Gasteiger partial charge in [0.05, 0.1) is 27.7 Å². The van der Waals surface area contributed by atoms with E-state index in [1.807, 2.05) is 33.8 Å². The van der Waals surface area contributed by atoms with Gasteiger partial charge in [0.25, 0.3) is 5.56 Å². The van der Waals surface area contributed by atoms with Gasteiger partial charge in [0, 0.05) is 12.5 Å². The monoisotopic (exact) mass is 429 g/mol. The molecule has 0 aliphatic carbocycles. The number of carbonyl (C=O) groups excluding carboxylic acids is 1. The first-order valence-electron chi connectivity index (χ1n) is 9.80. The fourth-order valence-corrected chi connectivity index (χ4v) is 3.72. The highest BCUT2D eigenvalue weighted by molar-refractivity contribution is 6.30. The van der Waals surface area contributed by atoms with E-state index in [0.717, 1.165) is 0 Å². The molecule has 2 aromatic carbocycles. The van der Waals surface area contributed by atoms with Crippen molar-refractivity contribution in [2.45, 2.75) is 40.2 Å². The lowest BCUT2D eigenvalue weighted by molar-refractivity contribution is -0.140. The van der Waals surface area contributed by atoms with Gasteiger partial charge in [0.2, 0.25) is 5.91 Å². The van der Waals surface area contributed by atoms with Crippen LogP contribution in [0.3, 0.4) is 0 Å². The number of hydrogen-bond acceptors (Lipinski definition) is 3. The van der Waals surface area contributed by atoms with Gasteiger partial charge in [-0.1, -0.05) is 51.4 Å². The summed E-state index contributed by atoms with van der Waals surface area (Å²) in [4.78, 5) is 32.8. The summed E-state index contributed by atoms with van der Waals surface area (Å²) in [6.07, 6.45) is 0.540. The molecule has 1 unspecified atom stereocenters. The third-order valence-electron chi connectivity index (χ3n) is 5.08. The Morgan fingerprint density at radius 2 is 1.90 bits per heavy atom. The van der Waals surface area contributed by atoms with E-state index in [4.69, 9.17) is 16.6 Å². The van der Waals surface area contributed by atoms with E-state index in [-0.39, 0.29) is 16.5 Å². The predicted octanol–water partition coefficient (Wildman–Crippen LogP) is 5.13. The van der Waals surface area contributed by atoms with Crippen molar-refractivity contribution in [3.8, 4) is 5.69 Å². The Morgan fingerprint density at radius 3 is 2.50 bits per heavy atom. The van der Waals surface area contributed by atoms with Crippen molar-refractivity contribution in [3.05, 3.63) is 69.5 Å². The Morgan fingerprint density at radius 1 is 1.23 bits per heavy atom. The number of fused-ring (bicyclic) bond motifs is 1. The predicted molar refractivity (Wildman–Crippen MR) is 118 cm³/mol. The molecule has 1 atom stereocenters. The number of benzene rings is 2. The molecule has 0 bridgehead atoms. The largest absolute Gasteiger partial charge is 0.335 e. The molecule has 1 aromatic heterocycles. The average molecular weight is 430 g/mol. The summed E-state index contributed by atoms with van der Waals surface area (Å²) in [7, 11) is 1.71. The van der Waals surface area contributed by atoms with Crippen LogP contribution in [0.5, 0.6) is 0 Å². The topological polar surface area (TPSA) is 55.2 Å². The van der Waals surface area contributed by atoms with Gasteiger partial charge in [0.1, 0.15) is 11.6 Å². The maximum absolute atomic E-state index is 13.8. The van der Waals surface area contributed by atoms with Gasteiger partial charge in [-0.05, 0) is 36.8 Å². The Hall–Kier alpha value is -2.73. The molecular weight excluding hydrogens is 405 g/mol. The van der Waals surface area contributed by atoms with Crippen molar-refractivity contribution in [1.82, 2.24) is 14.5 Å². The number of aromatic nitrogens is 2. The number of carbonyl (C=O) groups is 1. The smallest absolute Gasteiger partial charge is 0.266 e. The first kappa shape index (κ1) is 22.0. The fourth-order valence-electron chi connectivity index (χ4n) is 3.55. The van der Waals surface area contributed by atoms with E-state index >= 15 is 0 Å². The first-order valence-corrected chi connectivity index (χ1v) is 10.2. The zero-order valence-corrected chi connectivity index (χ0v) is 18.5. The van der Waals surface area contributed by atoms with Crippen molar-refractivity contribution in [2.75, 3.05) is 7.05 Å². The number of hydrogen-bond donors (Lipinski definition) is 0. The molecule has 3 aromatic rings. The van der Waals surface area contributed by atoms with Gasteiger partial charge in [-0.3, -0.25) is 14.2 Å². The highest BCUT2D eigenvalue weighted by Gasteiger charge is 2.32. The number of nitrogens with zero attached hydrogens (tertiary/aromatic N) is 3. The van der Waals surface area contributed by atoms with Crippen LogP contribution in [0.15, 0.2) is 47.3 Å². The molecule has 158 valence electrons. The number of para-hydroxylation sites is 1. The van der Waals surface area contributed by atoms with Gasteiger partial charge in [-0.2, -0.15) is 0 Å². The van der Waals surface area contributed by atoms with Crippen LogP contribution in [0.2, 0.25) is 5.02 Å². The van der Waals surface area contributed by atoms with Gasteiger partial charge >= 0.3 is 0 Å². The Balaban J connectivity index is 2.32. The molecule has 7 heteroatoms. The van der Waals surface area contributed by atoms with Crippen LogP contribution in [0, 0.1) is 11.2 Å². The molecule has 0 fully saturated rings. The summed E-state index contributed by atoms with van der Waals surface area (Å²) in [6.45, 7) is 7.47. The van der Waals surface area contributed by atoms with Crippen molar-refractivity contribution >= 4 is 28.4 Å². The molecule has 0 saturated heterocycles. The van der Waals surface area contributed by atoms with Crippen LogP contribution < -0.4 is 5.56 Å². The Bertz CT molecular complexity index is 1170. The summed E-state index contributed by atoms with van der Waals surface area (Å²) in [5, 5.41) is 0.340. The quantitative estimate of drug-likeness (QED) is 0.577. The van der Waals surface area contributed by atoms with Crippen LogP contribution >= 0.6 is 11.6 Å². The van der Waals surface area contributed by atoms with E-state index in [2.05, 4.69) is 0 Å². The van der Waals surface area contributed by atoms with Crippen LogP contribution in [0.25, 0.3) is 16.6 Å². The minimum atomic E-state index is -0.594. The lowest BCUT2D eigenvalue weighted by Gasteiger charge is -2.33. The van der Waals surface area contributed by atoms with Crippen molar-refractivity contribution < 1.29 is 9.18 Å². The molecule has 0 N–H and O–H groups in total. The van der Waals surface area contributed by atoms with E-state index < -0.39 is 17.3 Å². The van der Waals surface area contributed by atoms with E-state index in [1.165, 1.54) is 22.8 Å². The standard InChI is InChI=1S/C23H25ClFN3O2/c1-6-19(27(5)22(30)23(2,3)4)20-26-18-10-8-7-9-15(18)21(29)28(20)14-11-12-17(25)16(24)13-14/h7-13,19H,6H2,1-5H3. The second-order valence-corrected chi connectivity index (χ2v) is 8.72. The zero-order chi connectivity index (χ0) is 22.2. The molecule has 0 aliphatic heterocycles. The molecule has 5 nitrogen and oxygen atoms in total. The van der Waals surface area contributed by atoms with Crippen molar-refractivity contribution in [1.29, 1.82) is 0 Å². The highest BCUT2D eigenvalue weighted by atomic mass is 35.5. The maximum Gasteiger partial charge on any atom is 0.266 e. The summed E-state index contributed by atoms with van der Waals surface area (Å²) >= 11 is 6.00. The molecule has 0 radical (unpaired) electrons. The third-order valence-corrected chi connectivity index (χ3v) is 5.37. The number of amides is 1. The van der Waals surface area contributed by atoms with Crippen LogP contribution in [-0.2, 0) is 4.79 Å². The molecule has 0 saturated carbocycles. The molecule has 30 heavy (non-hydrogen) atoms. The maximum atomic E-state index is 13.8. The van der Waals surface area contributed by atoms with Gasteiger partial charge in [-0.15, -0.1) is 0 Å². The summed E-state index contributed by atoms with van der Waals surface area (Å²) in [5.41, 5.74) is 0.0450. The normalized spacial score (nSPS) is 12.8. The number of halogens is 2. The van der Waals surface area contributed by atoms with Gasteiger partial charge in [-0.25, -0.2) is 9.37 Å². The lowest BCUT2D eigenvalue weighted by Crippen LogP contribution is -2.41. The summed E-state index contributed by atoms with van der Waals surface area (Å²) in [6, 6.07) is 10.7. The van der Waals surface area contributed by atoms with E-state index in [0.29, 0.717) is 28.8 Å². The molecule has 3 rings (SSSR count). The SMILES string of the molecule is CCC(c1nc2ccccc2c(=O)n1-c1ccc(F)c(Cl)c1)N(C)C(=O)C(C)(C)C. The number of rotatable bonds is 4. The van der Waals surface area contributed by atoms with Gasteiger partial charge in [0.15, 0.2) is 0 Å². The Labute approximate surface area is 180 Å². The minimum absolute atomic E-state index is 0.0690. The average Bonchev–Trinajstić information content (AvgIpc) is 2.69. The zero-order valence-electron chi connectivity index (χ0n) is 17.7. The van der Waals surface area contributed by atoms with Gasteiger partial charge < -0.3 is 4.90 Å². The van der Waals surface area contributed by atoms with Crippen LogP contribution in [-0.4, -0.2) is 27.4 Å². The summed E-state index contributed by atoms with van der Waals surface area (Å²) < 4.78 is 15.2. The highest BCUT2D eigenvalue weighted by Crippen LogP contribution is 2.29. The molecule has 0 aliphatic rings. The van der Waals surface area contributed by atoms with Crippen molar-refractivity contribution in [2.24, 2.45) is 5.41 Å².